The molecule has 4 aliphatic rings. The third-order valence-corrected chi connectivity index (χ3v) is 10.4. The number of hydrogen-bond donors (Lipinski definition) is 2. The van der Waals surface area contributed by atoms with Gasteiger partial charge in [0.1, 0.15) is 0 Å². The zero-order chi connectivity index (χ0) is 30.8. The molecule has 7 nitrogen and oxygen atoms in total. The summed E-state index contributed by atoms with van der Waals surface area (Å²) in [5.74, 6) is 0.485. The average Bonchev–Trinajstić information content (AvgIpc) is 3.69. The number of anilines is 2. The summed E-state index contributed by atoms with van der Waals surface area (Å²) in [5, 5.41) is 11.8. The van der Waals surface area contributed by atoms with E-state index in [1.165, 1.54) is 18.9 Å². The van der Waals surface area contributed by atoms with E-state index in [0.29, 0.717) is 29.8 Å². The van der Waals surface area contributed by atoms with E-state index in [4.69, 9.17) is 0 Å². The number of amides is 1. The summed E-state index contributed by atoms with van der Waals surface area (Å²) in [4.78, 5) is 15.8. The quantitative estimate of drug-likeness (QED) is 0.277. The third-order valence-electron chi connectivity index (χ3n) is 10.4. The Hall–Kier alpha value is -3.40. The molecular weight excluding hydrogens is 565 g/mol. The number of carbonyl (C=O) groups excluding carboxylic acids is 1. The molecule has 1 aliphatic heterocycles. The molecule has 0 unspecified atom stereocenters. The molecule has 234 valence electrons. The van der Waals surface area contributed by atoms with Crippen LogP contribution in [0.1, 0.15) is 110 Å². The zero-order valence-electron chi connectivity index (χ0n) is 25.8. The number of benzene rings is 2. The van der Waals surface area contributed by atoms with Crippen LogP contribution in [0.2, 0.25) is 0 Å². The highest BCUT2D eigenvalue weighted by molar-refractivity contribution is 6.11. The normalized spacial score (nSPS) is 23.0. The lowest BCUT2D eigenvalue weighted by Gasteiger charge is -2.39. The number of fused-ring (bicyclic) bond motifs is 1. The van der Waals surface area contributed by atoms with Gasteiger partial charge in [-0.3, -0.25) is 9.69 Å². The number of rotatable bonds is 8. The van der Waals surface area contributed by atoms with E-state index in [2.05, 4.69) is 35.6 Å². The number of alkyl halides is 3. The summed E-state index contributed by atoms with van der Waals surface area (Å²) in [6, 6.07) is 7.40. The predicted molar refractivity (Wildman–Crippen MR) is 163 cm³/mol. The first-order chi connectivity index (χ1) is 21.0. The third kappa shape index (κ3) is 5.39. The second kappa shape index (κ2) is 10.9. The monoisotopic (exact) mass is 607 g/mol. The van der Waals surface area contributed by atoms with Crippen LogP contribution in [0.3, 0.4) is 0 Å². The van der Waals surface area contributed by atoms with Gasteiger partial charge in [0, 0.05) is 34.9 Å². The van der Waals surface area contributed by atoms with Crippen molar-refractivity contribution in [1.82, 2.24) is 15.0 Å². The van der Waals surface area contributed by atoms with Gasteiger partial charge in [0.2, 0.25) is 6.33 Å². The van der Waals surface area contributed by atoms with Gasteiger partial charge in [0.25, 0.3) is 12.2 Å². The summed E-state index contributed by atoms with van der Waals surface area (Å²) in [7, 11) is 1.89. The molecular formula is C34H42F3N6O+. The summed E-state index contributed by atoms with van der Waals surface area (Å²) in [5.41, 5.74) is 3.26. The van der Waals surface area contributed by atoms with Crippen molar-refractivity contribution in [2.24, 2.45) is 13.0 Å². The van der Waals surface area contributed by atoms with Crippen LogP contribution in [0.15, 0.2) is 36.9 Å². The standard InChI is InChI=1S/C34H42F3N6O/c1-21-11-23(12-21)26-15-25(40-24-7-4-5-8-24)16-30(31(26)43-20-41(3)19-39-43)42-18-28-27(32(42)44)13-22(14-29(28)34(35,36)37)17-38-33(2)9-6-10-33/h13-16,19-21,23-24,38,40H,4-12,17-18H2,1-3H3/q+1/t21-,23-. The van der Waals surface area contributed by atoms with E-state index < -0.39 is 17.6 Å². The lowest BCUT2D eigenvalue weighted by Crippen LogP contribution is -2.47. The number of nitrogens with zero attached hydrogens (tertiary/aromatic N) is 4. The van der Waals surface area contributed by atoms with Crippen LogP contribution in [0.5, 0.6) is 0 Å². The van der Waals surface area contributed by atoms with Crippen LogP contribution in [0, 0.1) is 5.92 Å². The molecule has 3 fully saturated rings. The number of halogens is 3. The number of aromatic nitrogens is 3. The Morgan fingerprint density at radius 3 is 2.45 bits per heavy atom. The Labute approximate surface area is 256 Å². The van der Waals surface area contributed by atoms with E-state index in [1.807, 2.05) is 24.0 Å². The Bertz CT molecular complexity index is 1580. The lowest BCUT2D eigenvalue weighted by molar-refractivity contribution is -0.657. The van der Waals surface area contributed by atoms with Crippen molar-refractivity contribution in [1.29, 1.82) is 0 Å². The van der Waals surface area contributed by atoms with Crippen molar-refractivity contribution < 1.29 is 22.6 Å². The van der Waals surface area contributed by atoms with Crippen molar-refractivity contribution >= 4 is 17.3 Å². The fourth-order valence-corrected chi connectivity index (χ4v) is 7.66. The molecule has 0 radical (unpaired) electrons. The minimum absolute atomic E-state index is 0.0473. The van der Waals surface area contributed by atoms with Crippen LogP contribution < -0.4 is 20.2 Å². The number of aryl methyl sites for hydroxylation is 1. The van der Waals surface area contributed by atoms with Gasteiger partial charge in [-0.25, -0.2) is 4.57 Å². The molecule has 2 N–H and O–H groups in total. The van der Waals surface area contributed by atoms with Gasteiger partial charge >= 0.3 is 6.18 Å². The molecule has 2 heterocycles. The number of carbonyl (C=O) groups is 1. The topological polar surface area (TPSA) is 66.1 Å². The molecule has 44 heavy (non-hydrogen) atoms. The van der Waals surface area contributed by atoms with Gasteiger partial charge in [-0.2, -0.15) is 13.2 Å². The van der Waals surface area contributed by atoms with Gasteiger partial charge in [-0.1, -0.05) is 24.4 Å². The molecule has 3 aromatic rings. The highest BCUT2D eigenvalue weighted by atomic mass is 19.4. The van der Waals surface area contributed by atoms with Gasteiger partial charge in [-0.05, 0) is 104 Å². The first-order valence-corrected chi connectivity index (χ1v) is 16.1. The lowest BCUT2D eigenvalue weighted by atomic mass is 9.71. The minimum atomic E-state index is -4.57. The largest absolute Gasteiger partial charge is 0.416 e. The fraction of sp³-hybridized carbons (Fsp3) is 0.559. The number of hydrogen-bond acceptors (Lipinski definition) is 4. The van der Waals surface area contributed by atoms with Crippen molar-refractivity contribution in [2.45, 2.75) is 108 Å². The van der Waals surface area contributed by atoms with Gasteiger partial charge < -0.3 is 10.6 Å². The van der Waals surface area contributed by atoms with Crippen molar-refractivity contribution in [3.05, 3.63) is 64.7 Å². The van der Waals surface area contributed by atoms with E-state index in [-0.39, 0.29) is 29.1 Å². The maximum absolute atomic E-state index is 14.6. The van der Waals surface area contributed by atoms with Crippen LogP contribution >= 0.6 is 0 Å². The molecule has 3 aliphatic carbocycles. The zero-order valence-corrected chi connectivity index (χ0v) is 25.8. The van der Waals surface area contributed by atoms with Crippen LogP contribution in [0.4, 0.5) is 24.5 Å². The highest BCUT2D eigenvalue weighted by Crippen LogP contribution is 2.47. The van der Waals surface area contributed by atoms with Crippen molar-refractivity contribution in [3.8, 4) is 5.69 Å². The smallest absolute Gasteiger partial charge is 0.382 e. The molecule has 0 saturated heterocycles. The fourth-order valence-electron chi connectivity index (χ4n) is 7.66. The van der Waals surface area contributed by atoms with E-state index in [9.17, 15) is 18.0 Å². The Kier molecular flexibility index (Phi) is 7.26. The SMILES string of the molecule is Cn1cn[n+](-c2c(N3Cc4c(cc(CNC5(C)CCC5)cc4C(F)(F)F)C3=O)cc(NC3CCCC3)cc2[C@H]2C[C@H](C)C2)c1. The molecule has 3 saturated carbocycles. The molecule has 7 rings (SSSR count). The molecule has 1 aromatic heterocycles. The predicted octanol–water partition coefficient (Wildman–Crippen LogP) is 6.78. The Morgan fingerprint density at radius 1 is 1.09 bits per heavy atom. The van der Waals surface area contributed by atoms with Gasteiger partial charge in [-0.15, -0.1) is 0 Å². The molecule has 0 spiro atoms. The Balaban J connectivity index is 1.33. The number of nitrogens with one attached hydrogen (secondary N) is 2. The summed E-state index contributed by atoms with van der Waals surface area (Å²) in [6.07, 6.45) is 8.66. The van der Waals surface area contributed by atoms with Gasteiger partial charge in [0.15, 0.2) is 5.69 Å². The second-order valence-corrected chi connectivity index (χ2v) is 14.0. The summed E-state index contributed by atoms with van der Waals surface area (Å²) in [6.45, 7) is 4.50. The molecule has 2 aromatic carbocycles. The minimum Gasteiger partial charge on any atom is -0.382 e. The Morgan fingerprint density at radius 2 is 1.84 bits per heavy atom. The van der Waals surface area contributed by atoms with Crippen LogP contribution in [-0.2, 0) is 26.3 Å². The van der Waals surface area contributed by atoms with E-state index in [0.717, 1.165) is 61.9 Å². The molecule has 0 bridgehead atoms. The average molecular weight is 608 g/mol. The maximum atomic E-state index is 14.6. The summed E-state index contributed by atoms with van der Waals surface area (Å²) >= 11 is 0. The summed E-state index contributed by atoms with van der Waals surface area (Å²) < 4.78 is 47.3. The van der Waals surface area contributed by atoms with Crippen LogP contribution in [0.25, 0.3) is 5.69 Å². The first kappa shape index (κ1) is 29.3. The maximum Gasteiger partial charge on any atom is 0.416 e. The van der Waals surface area contributed by atoms with E-state index >= 15 is 0 Å². The van der Waals surface area contributed by atoms with Crippen LogP contribution in [-0.4, -0.2) is 27.2 Å². The van der Waals surface area contributed by atoms with Crippen molar-refractivity contribution in [3.63, 3.8) is 0 Å². The highest BCUT2D eigenvalue weighted by Gasteiger charge is 2.43. The van der Waals surface area contributed by atoms with Gasteiger partial charge in [0.05, 0.1) is 24.8 Å². The second-order valence-electron chi connectivity index (χ2n) is 14.0. The van der Waals surface area contributed by atoms with E-state index in [1.54, 1.807) is 22.0 Å². The molecule has 1 amide bonds. The molecule has 10 heteroatoms. The first-order valence-electron chi connectivity index (χ1n) is 16.1. The van der Waals surface area contributed by atoms with Crippen molar-refractivity contribution in [2.75, 3.05) is 10.2 Å². The molecule has 0 atom stereocenters.